The molecule has 0 saturated heterocycles. The van der Waals surface area contributed by atoms with Crippen molar-refractivity contribution in [3.05, 3.63) is 88.3 Å². The van der Waals surface area contributed by atoms with Gasteiger partial charge in [0.25, 0.3) is 11.8 Å². The second kappa shape index (κ2) is 8.86. The van der Waals surface area contributed by atoms with Crippen LogP contribution in [0.15, 0.2) is 83.4 Å². The van der Waals surface area contributed by atoms with Crippen LogP contribution in [0.2, 0.25) is 0 Å². The molecule has 2 aromatic heterocycles. The van der Waals surface area contributed by atoms with Gasteiger partial charge in [-0.15, -0.1) is 11.3 Å². The summed E-state index contributed by atoms with van der Waals surface area (Å²) in [6.45, 7) is 3.63. The van der Waals surface area contributed by atoms with E-state index in [1.165, 1.54) is 11.1 Å². The molecule has 5 nitrogen and oxygen atoms in total. The Hall–Kier alpha value is -4.21. The molecular weight excluding hydrogens is 454 g/mol. The van der Waals surface area contributed by atoms with Crippen LogP contribution < -0.4 is 0 Å². The van der Waals surface area contributed by atoms with Gasteiger partial charge in [0, 0.05) is 29.7 Å². The number of rotatable bonds is 4. The summed E-state index contributed by atoms with van der Waals surface area (Å²) in [5, 5.41) is 9.46. The van der Waals surface area contributed by atoms with Gasteiger partial charge in [0.05, 0.1) is 10.2 Å². The molecule has 0 aliphatic carbocycles. The topological polar surface area (TPSA) is 66.1 Å². The number of carbonyl (C=O) groups excluding carboxylic acids is 2. The van der Waals surface area contributed by atoms with Gasteiger partial charge in [-0.25, -0.2) is 0 Å². The van der Waals surface area contributed by atoms with Crippen LogP contribution in [-0.2, 0) is 16.6 Å². The summed E-state index contributed by atoms with van der Waals surface area (Å²) < 4.78 is 3.26. The van der Waals surface area contributed by atoms with E-state index in [2.05, 4.69) is 47.0 Å². The molecule has 35 heavy (non-hydrogen) atoms. The highest BCUT2D eigenvalue weighted by molar-refractivity contribution is 7.19. The number of hydrogen-bond donors (Lipinski definition) is 0. The normalized spacial score (nSPS) is 15.4. The minimum absolute atomic E-state index is 0.0278. The lowest BCUT2D eigenvalue weighted by Gasteiger charge is -2.26. The van der Waals surface area contributed by atoms with Crippen LogP contribution in [0.3, 0.4) is 0 Å². The quantitative estimate of drug-likeness (QED) is 0.260. The van der Waals surface area contributed by atoms with E-state index in [0.717, 1.165) is 31.3 Å². The Labute approximate surface area is 207 Å². The van der Waals surface area contributed by atoms with Gasteiger partial charge in [-0.1, -0.05) is 54.6 Å². The SMILES string of the molecule is CCN1C(=O)C(C#N)=C(C)/C(=C/c2cc3c(cc(-c4ccc(-c5ccccc5)cc4)n3C)s2)C1=O. The zero-order chi connectivity index (χ0) is 24.7. The van der Waals surface area contributed by atoms with Crippen molar-refractivity contribution in [2.45, 2.75) is 13.8 Å². The van der Waals surface area contributed by atoms with E-state index in [-0.39, 0.29) is 18.0 Å². The number of aromatic nitrogens is 1. The number of imide groups is 1. The summed E-state index contributed by atoms with van der Waals surface area (Å²) in [5.74, 6) is -0.875. The molecule has 0 bridgehead atoms. The second-order valence-corrected chi connectivity index (χ2v) is 9.57. The van der Waals surface area contributed by atoms with Gasteiger partial charge in [0.1, 0.15) is 11.6 Å². The third kappa shape index (κ3) is 3.80. The summed E-state index contributed by atoms with van der Waals surface area (Å²) in [4.78, 5) is 27.4. The molecule has 0 spiro atoms. The first-order chi connectivity index (χ1) is 16.9. The number of nitriles is 1. The van der Waals surface area contributed by atoms with Crippen LogP contribution in [-0.4, -0.2) is 27.8 Å². The summed E-state index contributed by atoms with van der Waals surface area (Å²) in [6.07, 6.45) is 1.79. The molecule has 6 heteroatoms. The zero-order valence-electron chi connectivity index (χ0n) is 19.7. The summed E-state index contributed by atoms with van der Waals surface area (Å²) in [7, 11) is 2.04. The number of nitrogens with zero attached hydrogens (tertiary/aromatic N) is 3. The van der Waals surface area contributed by atoms with E-state index in [1.807, 2.05) is 37.4 Å². The zero-order valence-corrected chi connectivity index (χ0v) is 20.5. The molecule has 172 valence electrons. The molecule has 5 rings (SSSR count). The van der Waals surface area contributed by atoms with Crippen molar-refractivity contribution in [1.29, 1.82) is 5.26 Å². The maximum absolute atomic E-state index is 12.9. The second-order valence-electron chi connectivity index (χ2n) is 8.45. The Bertz CT molecular complexity index is 1580. The van der Waals surface area contributed by atoms with Crippen molar-refractivity contribution in [2.75, 3.05) is 6.54 Å². The maximum atomic E-state index is 12.9. The lowest BCUT2D eigenvalue weighted by atomic mass is 9.95. The van der Waals surface area contributed by atoms with Gasteiger partial charge in [0.2, 0.25) is 0 Å². The van der Waals surface area contributed by atoms with Crippen molar-refractivity contribution >= 4 is 39.4 Å². The molecular formula is C29H23N3O2S. The standard InChI is InChI=1S/C29H23N3O2S/c1-4-32-28(33)23(18(2)24(17-30)29(32)34)14-22-15-26-27(35-22)16-25(31(26)3)21-12-10-20(11-13-21)19-8-6-5-7-9-19/h5-16H,4H2,1-3H3/b23-14-. The third-order valence-electron chi connectivity index (χ3n) is 6.47. The van der Waals surface area contributed by atoms with Gasteiger partial charge in [-0.2, -0.15) is 5.26 Å². The Morgan fingerprint density at radius 3 is 2.23 bits per heavy atom. The third-order valence-corrected chi connectivity index (χ3v) is 7.48. The van der Waals surface area contributed by atoms with Gasteiger partial charge in [0.15, 0.2) is 0 Å². The summed E-state index contributed by atoms with van der Waals surface area (Å²) in [6, 6.07) is 25.0. The Morgan fingerprint density at radius 2 is 1.60 bits per heavy atom. The highest BCUT2D eigenvalue weighted by Gasteiger charge is 2.34. The molecule has 0 fully saturated rings. The van der Waals surface area contributed by atoms with Crippen molar-refractivity contribution < 1.29 is 9.59 Å². The molecule has 0 atom stereocenters. The average Bonchev–Trinajstić information content (AvgIpc) is 3.41. The maximum Gasteiger partial charge on any atom is 0.271 e. The Kier molecular flexibility index (Phi) is 5.72. The Balaban J connectivity index is 1.50. The van der Waals surface area contributed by atoms with E-state index < -0.39 is 5.91 Å². The van der Waals surface area contributed by atoms with Crippen LogP contribution in [0.5, 0.6) is 0 Å². The van der Waals surface area contributed by atoms with Gasteiger partial charge in [-0.3, -0.25) is 14.5 Å². The van der Waals surface area contributed by atoms with E-state index in [9.17, 15) is 14.9 Å². The fraction of sp³-hybridized carbons (Fsp3) is 0.138. The molecule has 1 aliphatic heterocycles. The smallest absolute Gasteiger partial charge is 0.271 e. The van der Waals surface area contributed by atoms with Gasteiger partial charge >= 0.3 is 0 Å². The first kappa shape index (κ1) is 22.6. The van der Waals surface area contributed by atoms with Gasteiger partial charge in [-0.05, 0) is 54.3 Å². The number of thiophene rings is 1. The predicted octanol–water partition coefficient (Wildman–Crippen LogP) is 6.19. The first-order valence-corrected chi connectivity index (χ1v) is 12.2. The van der Waals surface area contributed by atoms with Crippen LogP contribution in [0, 0.1) is 11.3 Å². The van der Waals surface area contributed by atoms with Crippen LogP contribution in [0.1, 0.15) is 18.7 Å². The Morgan fingerprint density at radius 1 is 0.943 bits per heavy atom. The molecule has 4 aromatic rings. The largest absolute Gasteiger partial charge is 0.343 e. The number of amides is 2. The minimum Gasteiger partial charge on any atom is -0.343 e. The number of carbonyl (C=O) groups is 2. The fourth-order valence-corrected chi connectivity index (χ4v) is 5.57. The highest BCUT2D eigenvalue weighted by Crippen LogP contribution is 2.36. The lowest BCUT2D eigenvalue weighted by Crippen LogP contribution is -2.42. The predicted molar refractivity (Wildman–Crippen MR) is 140 cm³/mol. The average molecular weight is 478 g/mol. The van der Waals surface area contributed by atoms with Crippen molar-refractivity contribution in [3.8, 4) is 28.5 Å². The summed E-state index contributed by atoms with van der Waals surface area (Å²) >= 11 is 1.58. The van der Waals surface area contributed by atoms with E-state index >= 15 is 0 Å². The minimum atomic E-state index is -0.520. The fourth-order valence-electron chi connectivity index (χ4n) is 4.50. The van der Waals surface area contributed by atoms with E-state index in [1.54, 1.807) is 31.3 Å². The number of fused-ring (bicyclic) bond motifs is 1. The monoisotopic (exact) mass is 477 g/mol. The molecule has 2 aromatic carbocycles. The molecule has 2 amide bonds. The number of hydrogen-bond acceptors (Lipinski definition) is 4. The van der Waals surface area contributed by atoms with Gasteiger partial charge < -0.3 is 4.57 Å². The molecule has 0 saturated carbocycles. The molecule has 0 unspecified atom stereocenters. The van der Waals surface area contributed by atoms with Crippen molar-refractivity contribution in [1.82, 2.24) is 9.47 Å². The van der Waals surface area contributed by atoms with E-state index in [0.29, 0.717) is 11.1 Å². The van der Waals surface area contributed by atoms with Crippen LogP contribution >= 0.6 is 11.3 Å². The molecule has 3 heterocycles. The van der Waals surface area contributed by atoms with Crippen LogP contribution in [0.4, 0.5) is 0 Å². The highest BCUT2D eigenvalue weighted by atomic mass is 32.1. The van der Waals surface area contributed by atoms with E-state index in [4.69, 9.17) is 0 Å². The number of aryl methyl sites for hydroxylation is 1. The van der Waals surface area contributed by atoms with Crippen LogP contribution in [0.25, 0.3) is 38.7 Å². The number of likely N-dealkylation sites (N-methyl/N-ethyl adjacent to an activating group) is 1. The molecule has 1 aliphatic rings. The lowest BCUT2D eigenvalue weighted by molar-refractivity contribution is -0.140. The van der Waals surface area contributed by atoms with Crippen molar-refractivity contribution in [2.24, 2.45) is 7.05 Å². The first-order valence-electron chi connectivity index (χ1n) is 11.4. The molecule has 0 N–H and O–H groups in total. The molecule has 0 radical (unpaired) electrons. The number of benzene rings is 2. The van der Waals surface area contributed by atoms with Crippen molar-refractivity contribution in [3.63, 3.8) is 0 Å². The summed E-state index contributed by atoms with van der Waals surface area (Å²) in [5.41, 5.74) is 6.54.